The van der Waals surface area contributed by atoms with E-state index in [1.165, 1.54) is 19.9 Å². The molecule has 1 aliphatic rings. The molecule has 2 rings (SSSR count). The number of nitriles is 1. The monoisotopic (exact) mass is 530 g/mol. The highest BCUT2D eigenvalue weighted by Gasteiger charge is 2.58. The minimum Gasteiger partial charge on any atom is -0.387 e. The molecule has 0 aliphatic heterocycles. The summed E-state index contributed by atoms with van der Waals surface area (Å²) in [5, 5.41) is 19.9. The average Bonchev–Trinajstić information content (AvgIpc) is 2.71. The van der Waals surface area contributed by atoms with E-state index in [1.54, 1.807) is 0 Å². The van der Waals surface area contributed by atoms with E-state index in [-0.39, 0.29) is 11.3 Å². The van der Waals surface area contributed by atoms with Crippen molar-refractivity contribution >= 4 is 28.1 Å². The Labute approximate surface area is 196 Å². The molecule has 1 aromatic carbocycles. The fraction of sp³-hybridized carbons (Fsp3) is 0.550. The minimum atomic E-state index is -6.18. The Balaban J connectivity index is 2.55. The first kappa shape index (κ1) is 28.5. The SMILES string of the molecule is CC1CC(OS(=O)(=O)C(F)(F)F)C(C)(O)C(C(=O)N(C=O)c2ccc(C#N)c(C(F)(F)F)c2)C1C. The summed E-state index contributed by atoms with van der Waals surface area (Å²) in [5.41, 5.74) is -11.3. The molecular weight excluding hydrogens is 510 g/mol. The second-order valence-corrected chi connectivity index (χ2v) is 9.98. The Morgan fingerprint density at radius 3 is 2.29 bits per heavy atom. The lowest BCUT2D eigenvalue weighted by Crippen LogP contribution is -2.61. The van der Waals surface area contributed by atoms with E-state index < -0.39 is 80.4 Å². The lowest BCUT2D eigenvalue weighted by Gasteiger charge is -2.48. The summed E-state index contributed by atoms with van der Waals surface area (Å²) in [5.74, 6) is -4.64. The average molecular weight is 530 g/mol. The molecule has 0 heterocycles. The van der Waals surface area contributed by atoms with Gasteiger partial charge in [0.05, 0.1) is 28.8 Å². The molecule has 1 saturated carbocycles. The molecule has 8 nitrogen and oxygen atoms in total. The van der Waals surface area contributed by atoms with Crippen LogP contribution in [0.15, 0.2) is 18.2 Å². The van der Waals surface area contributed by atoms with Crippen LogP contribution in [0.25, 0.3) is 0 Å². The Kier molecular flexibility index (Phi) is 7.66. The summed E-state index contributed by atoms with van der Waals surface area (Å²) in [4.78, 5) is 25.2. The highest BCUT2D eigenvalue weighted by atomic mass is 32.2. The second kappa shape index (κ2) is 9.40. The summed E-state index contributed by atoms with van der Waals surface area (Å²) < 4.78 is 106. The Hall–Kier alpha value is -2.70. The van der Waals surface area contributed by atoms with Gasteiger partial charge in [-0.25, -0.2) is 0 Å². The van der Waals surface area contributed by atoms with Gasteiger partial charge in [-0.15, -0.1) is 0 Å². The molecule has 0 radical (unpaired) electrons. The number of carbonyl (C=O) groups is 2. The van der Waals surface area contributed by atoms with E-state index in [1.807, 2.05) is 0 Å². The van der Waals surface area contributed by atoms with E-state index >= 15 is 0 Å². The van der Waals surface area contributed by atoms with Gasteiger partial charge in [0.1, 0.15) is 11.7 Å². The van der Waals surface area contributed by atoms with Crippen molar-refractivity contribution in [3.8, 4) is 6.07 Å². The molecule has 2 amide bonds. The van der Waals surface area contributed by atoms with Crippen LogP contribution in [-0.4, -0.2) is 43.1 Å². The smallest absolute Gasteiger partial charge is 0.387 e. The molecule has 1 fully saturated rings. The van der Waals surface area contributed by atoms with Gasteiger partial charge >= 0.3 is 21.8 Å². The predicted molar refractivity (Wildman–Crippen MR) is 107 cm³/mol. The normalized spacial score (nSPS) is 27.7. The molecule has 194 valence electrons. The van der Waals surface area contributed by atoms with Gasteiger partial charge < -0.3 is 5.11 Å². The second-order valence-electron chi connectivity index (χ2n) is 8.41. The third-order valence-corrected chi connectivity index (χ3v) is 7.19. The fourth-order valence-electron chi connectivity index (χ4n) is 4.08. The van der Waals surface area contributed by atoms with E-state index in [4.69, 9.17) is 5.26 Å². The highest BCUT2D eigenvalue weighted by Crippen LogP contribution is 2.45. The zero-order valence-corrected chi connectivity index (χ0v) is 19.2. The van der Waals surface area contributed by atoms with Crippen molar-refractivity contribution in [3.05, 3.63) is 29.3 Å². The number of hydrogen-bond acceptors (Lipinski definition) is 7. The van der Waals surface area contributed by atoms with E-state index in [9.17, 15) is 49.5 Å². The summed E-state index contributed by atoms with van der Waals surface area (Å²) in [7, 11) is -6.18. The molecule has 5 unspecified atom stereocenters. The van der Waals surface area contributed by atoms with Gasteiger partial charge in [0.2, 0.25) is 12.3 Å². The zero-order valence-electron chi connectivity index (χ0n) is 18.4. The summed E-state index contributed by atoms with van der Waals surface area (Å²) >= 11 is 0. The first-order chi connectivity index (χ1) is 15.8. The molecule has 1 aliphatic carbocycles. The maximum absolute atomic E-state index is 13.3. The zero-order chi connectivity index (χ0) is 27.1. The maximum atomic E-state index is 13.3. The van der Waals surface area contributed by atoms with Crippen LogP contribution in [0.4, 0.5) is 32.0 Å². The van der Waals surface area contributed by atoms with Crippen LogP contribution in [0, 0.1) is 29.1 Å². The molecule has 1 aromatic rings. The van der Waals surface area contributed by atoms with Gasteiger partial charge in [-0.2, -0.15) is 40.0 Å². The largest absolute Gasteiger partial charge is 0.523 e. The van der Waals surface area contributed by atoms with Crippen molar-refractivity contribution in [3.63, 3.8) is 0 Å². The lowest BCUT2D eigenvalue weighted by atomic mass is 9.64. The van der Waals surface area contributed by atoms with E-state index in [2.05, 4.69) is 4.18 Å². The maximum Gasteiger partial charge on any atom is 0.523 e. The summed E-state index contributed by atoms with van der Waals surface area (Å²) in [6.07, 6.45) is -7.66. The van der Waals surface area contributed by atoms with Gasteiger partial charge in [-0.3, -0.25) is 18.7 Å². The van der Waals surface area contributed by atoms with Crippen LogP contribution in [-0.2, 0) is 30.1 Å². The van der Waals surface area contributed by atoms with Crippen LogP contribution in [0.2, 0.25) is 0 Å². The number of alkyl halides is 6. The van der Waals surface area contributed by atoms with Gasteiger partial charge in [-0.1, -0.05) is 13.8 Å². The Bertz CT molecular complexity index is 1140. The number of carbonyl (C=O) groups excluding carboxylic acids is 2. The van der Waals surface area contributed by atoms with Crippen molar-refractivity contribution in [2.75, 3.05) is 4.90 Å². The number of benzene rings is 1. The van der Waals surface area contributed by atoms with Crippen molar-refractivity contribution in [1.82, 2.24) is 0 Å². The van der Waals surface area contributed by atoms with Crippen LogP contribution in [0.5, 0.6) is 0 Å². The summed E-state index contributed by atoms with van der Waals surface area (Å²) in [6.45, 7) is 3.68. The van der Waals surface area contributed by atoms with Crippen molar-refractivity contribution in [2.24, 2.45) is 17.8 Å². The molecule has 0 bridgehead atoms. The van der Waals surface area contributed by atoms with Gasteiger partial charge in [0.25, 0.3) is 0 Å². The molecule has 0 spiro atoms. The van der Waals surface area contributed by atoms with Gasteiger partial charge in [0, 0.05) is 0 Å². The highest BCUT2D eigenvalue weighted by molar-refractivity contribution is 7.87. The molecule has 0 saturated heterocycles. The Morgan fingerprint density at radius 1 is 1.26 bits per heavy atom. The molecule has 5 atom stereocenters. The standard InChI is InChI=1S/C20H20F6N2O6S/c1-10-6-15(34-35(32,33)20(24,25)26)18(3,31)16(11(10)2)17(30)28(9-29)13-5-4-12(8-27)14(7-13)19(21,22)23/h4-5,7,9-11,15-16,31H,6H2,1-3H3. The van der Waals surface area contributed by atoms with Crippen LogP contribution in [0.1, 0.15) is 38.3 Å². The quantitative estimate of drug-likeness (QED) is 0.268. The van der Waals surface area contributed by atoms with Crippen molar-refractivity contribution in [1.29, 1.82) is 5.26 Å². The van der Waals surface area contributed by atoms with Crippen LogP contribution in [0.3, 0.4) is 0 Å². The molecule has 15 heteroatoms. The van der Waals surface area contributed by atoms with Crippen molar-refractivity contribution in [2.45, 2.75) is 50.6 Å². The first-order valence-corrected chi connectivity index (χ1v) is 11.3. The lowest BCUT2D eigenvalue weighted by molar-refractivity contribution is -0.165. The third kappa shape index (κ3) is 5.44. The number of nitrogens with zero attached hydrogens (tertiary/aromatic N) is 2. The Morgan fingerprint density at radius 2 is 1.83 bits per heavy atom. The molecule has 1 N–H and O–H groups in total. The predicted octanol–water partition coefficient (Wildman–Crippen LogP) is 3.34. The minimum absolute atomic E-state index is 0.158. The number of halogens is 6. The van der Waals surface area contributed by atoms with Crippen LogP contribution >= 0.6 is 0 Å². The number of hydrogen-bond donors (Lipinski definition) is 1. The number of aliphatic hydroxyl groups is 1. The van der Waals surface area contributed by atoms with Gasteiger partial charge in [0.15, 0.2) is 0 Å². The van der Waals surface area contributed by atoms with Crippen molar-refractivity contribution < 1.29 is 53.6 Å². The number of anilines is 1. The van der Waals surface area contributed by atoms with Gasteiger partial charge in [-0.05, 0) is 43.4 Å². The third-order valence-electron chi connectivity index (χ3n) is 6.13. The number of rotatable bonds is 5. The summed E-state index contributed by atoms with van der Waals surface area (Å²) in [6, 6.07) is 3.27. The fourth-order valence-corrected chi connectivity index (χ4v) is 4.76. The van der Waals surface area contributed by atoms with Crippen LogP contribution < -0.4 is 4.90 Å². The molecule has 35 heavy (non-hydrogen) atoms. The number of imide groups is 1. The molecule has 0 aromatic heterocycles. The first-order valence-electron chi connectivity index (χ1n) is 9.91. The number of amides is 2. The van der Waals surface area contributed by atoms with E-state index in [0.29, 0.717) is 6.07 Å². The van der Waals surface area contributed by atoms with E-state index in [0.717, 1.165) is 19.1 Å². The molecular formula is C20H20F6N2O6S. The topological polar surface area (TPSA) is 125 Å².